The molecule has 0 amide bonds. The molecule has 0 unspecified atom stereocenters. The number of benzene rings is 2. The average molecular weight is 340 g/mol. The fraction of sp³-hybridized carbons (Fsp3) is 0.211. The summed E-state index contributed by atoms with van der Waals surface area (Å²) < 4.78 is 27.5. The van der Waals surface area contributed by atoms with E-state index in [2.05, 4.69) is 9.71 Å². The predicted molar refractivity (Wildman–Crippen MR) is 98.3 cm³/mol. The Bertz CT molecular complexity index is 896. The van der Waals surface area contributed by atoms with E-state index in [-0.39, 0.29) is 0 Å². The van der Waals surface area contributed by atoms with Crippen molar-refractivity contribution in [1.82, 2.24) is 4.72 Å². The van der Waals surface area contributed by atoms with Crippen molar-refractivity contribution < 1.29 is 8.42 Å². The molecule has 1 aliphatic heterocycles. The predicted octanol–water partition coefficient (Wildman–Crippen LogP) is 3.30. The topological polar surface area (TPSA) is 58.5 Å². The van der Waals surface area contributed by atoms with Gasteiger partial charge in [-0.1, -0.05) is 60.2 Å². The van der Waals surface area contributed by atoms with Gasteiger partial charge in [0.1, 0.15) is 10.7 Å². The lowest BCUT2D eigenvalue weighted by Crippen LogP contribution is -2.24. The molecule has 0 aromatic heterocycles. The highest BCUT2D eigenvalue weighted by Crippen LogP contribution is 2.29. The Labute approximate surface area is 143 Å². The molecule has 1 N–H and O–H groups in total. The molecule has 0 radical (unpaired) electrons. The van der Waals surface area contributed by atoms with Crippen LogP contribution in [0.15, 0.2) is 65.2 Å². The number of sulfonamides is 1. The van der Waals surface area contributed by atoms with E-state index in [4.69, 9.17) is 0 Å². The van der Waals surface area contributed by atoms with Crippen LogP contribution in [0.1, 0.15) is 23.6 Å². The highest BCUT2D eigenvalue weighted by atomic mass is 32.2. The van der Waals surface area contributed by atoms with Gasteiger partial charge in [0.25, 0.3) is 10.0 Å². The Morgan fingerprint density at radius 1 is 0.958 bits per heavy atom. The molecule has 124 valence electrons. The molecular weight excluding hydrogens is 320 g/mol. The van der Waals surface area contributed by atoms with Crippen LogP contribution >= 0.6 is 0 Å². The maximum absolute atomic E-state index is 12.5. The number of aliphatic imine (C=N–C) groups is 1. The first-order chi connectivity index (χ1) is 11.5. The first kappa shape index (κ1) is 16.5. The van der Waals surface area contributed by atoms with E-state index in [0.717, 1.165) is 12.0 Å². The highest BCUT2D eigenvalue weighted by Gasteiger charge is 2.32. The van der Waals surface area contributed by atoms with Gasteiger partial charge in [-0.3, -0.25) is 9.71 Å². The lowest BCUT2D eigenvalue weighted by atomic mass is 10.1. The molecule has 1 heterocycles. The first-order valence-electron chi connectivity index (χ1n) is 7.87. The van der Waals surface area contributed by atoms with Crippen LogP contribution in [-0.4, -0.2) is 20.8 Å². The Kier molecular flexibility index (Phi) is 4.53. The van der Waals surface area contributed by atoms with E-state index >= 15 is 0 Å². The number of hydrogen-bond acceptors (Lipinski definition) is 3. The van der Waals surface area contributed by atoms with Crippen LogP contribution in [0.4, 0.5) is 0 Å². The normalized spacial score (nSPS) is 18.0. The Hall–Kier alpha value is -2.40. The van der Waals surface area contributed by atoms with E-state index in [1.54, 1.807) is 6.92 Å². The van der Waals surface area contributed by atoms with Gasteiger partial charge in [-0.15, -0.1) is 0 Å². The third kappa shape index (κ3) is 3.41. The van der Waals surface area contributed by atoms with Crippen LogP contribution in [-0.2, 0) is 16.4 Å². The summed E-state index contributed by atoms with van der Waals surface area (Å²) in [7, 11) is -3.55. The third-order valence-corrected chi connectivity index (χ3v) is 5.56. The summed E-state index contributed by atoms with van der Waals surface area (Å²) in [5.41, 5.74) is 3.64. The SMILES string of the molecule is CC1=C(c2ccc(C)cc2)S(=O)(=O)NC1=NCCc1ccccc1. The molecule has 3 rings (SSSR count). The van der Waals surface area contributed by atoms with Crippen LogP contribution < -0.4 is 4.72 Å². The molecule has 0 bridgehead atoms. The van der Waals surface area contributed by atoms with Crippen molar-refractivity contribution in [3.05, 3.63) is 76.9 Å². The van der Waals surface area contributed by atoms with Gasteiger partial charge in [-0.25, -0.2) is 8.42 Å². The first-order valence-corrected chi connectivity index (χ1v) is 9.35. The molecule has 4 nitrogen and oxygen atoms in total. The molecule has 2 aromatic rings. The second kappa shape index (κ2) is 6.61. The number of hydrogen-bond donors (Lipinski definition) is 1. The standard InChI is InChI=1S/C19H20N2O2S/c1-14-8-10-17(11-9-14)18-15(2)19(21-24(18,22)23)20-13-12-16-6-4-3-5-7-16/h3-11H,12-13H2,1-2H3,(H,20,21). The second-order valence-corrected chi connectivity index (χ2v) is 7.51. The van der Waals surface area contributed by atoms with E-state index in [1.165, 1.54) is 5.56 Å². The van der Waals surface area contributed by atoms with Crippen LogP contribution in [0.25, 0.3) is 4.91 Å². The van der Waals surface area contributed by atoms with E-state index < -0.39 is 10.0 Å². The minimum Gasteiger partial charge on any atom is -0.267 e. The quantitative estimate of drug-likeness (QED) is 0.928. The molecule has 5 heteroatoms. The van der Waals surface area contributed by atoms with Crippen LogP contribution in [0.2, 0.25) is 0 Å². The zero-order valence-electron chi connectivity index (χ0n) is 13.8. The van der Waals surface area contributed by atoms with Crippen molar-refractivity contribution in [3.8, 4) is 0 Å². The Morgan fingerprint density at radius 3 is 2.29 bits per heavy atom. The monoisotopic (exact) mass is 340 g/mol. The third-order valence-electron chi connectivity index (χ3n) is 4.02. The molecular formula is C19H20N2O2S. The van der Waals surface area contributed by atoms with Crippen molar-refractivity contribution in [2.75, 3.05) is 6.54 Å². The Balaban J connectivity index is 1.85. The zero-order chi connectivity index (χ0) is 17.2. The smallest absolute Gasteiger partial charge is 0.264 e. The highest BCUT2D eigenvalue weighted by molar-refractivity contribution is 8.00. The van der Waals surface area contributed by atoms with E-state index in [1.807, 2.05) is 61.5 Å². The number of aryl methyl sites for hydroxylation is 1. The van der Waals surface area contributed by atoms with Gasteiger partial charge in [-0.05, 0) is 31.4 Å². The van der Waals surface area contributed by atoms with Crippen LogP contribution in [0, 0.1) is 6.92 Å². The van der Waals surface area contributed by atoms with E-state index in [9.17, 15) is 8.42 Å². The summed E-state index contributed by atoms with van der Waals surface area (Å²) in [6.45, 7) is 4.32. The van der Waals surface area contributed by atoms with Gasteiger partial charge >= 0.3 is 0 Å². The van der Waals surface area contributed by atoms with Crippen molar-refractivity contribution in [2.45, 2.75) is 20.3 Å². The minimum atomic E-state index is -3.55. The van der Waals surface area contributed by atoms with Crippen molar-refractivity contribution >= 4 is 20.8 Å². The molecule has 0 saturated carbocycles. The van der Waals surface area contributed by atoms with E-state index in [0.29, 0.717) is 28.4 Å². The summed E-state index contributed by atoms with van der Waals surface area (Å²) in [5, 5.41) is 0. The van der Waals surface area contributed by atoms with Crippen LogP contribution in [0.3, 0.4) is 0 Å². The minimum absolute atomic E-state index is 0.320. The summed E-state index contributed by atoms with van der Waals surface area (Å²) >= 11 is 0. The van der Waals surface area contributed by atoms with Gasteiger partial charge in [0.05, 0.1) is 0 Å². The lowest BCUT2D eigenvalue weighted by molar-refractivity contribution is 0.603. The van der Waals surface area contributed by atoms with Gasteiger partial charge in [-0.2, -0.15) is 0 Å². The summed E-state index contributed by atoms with van der Waals surface area (Å²) in [5.74, 6) is 0.446. The van der Waals surface area contributed by atoms with Gasteiger partial charge in [0, 0.05) is 12.1 Å². The zero-order valence-corrected chi connectivity index (χ0v) is 14.6. The molecule has 0 aliphatic carbocycles. The maximum Gasteiger partial charge on any atom is 0.264 e. The summed E-state index contributed by atoms with van der Waals surface area (Å²) in [6, 6.07) is 17.5. The molecule has 0 spiro atoms. The largest absolute Gasteiger partial charge is 0.267 e. The van der Waals surface area contributed by atoms with Gasteiger partial charge in [0.2, 0.25) is 0 Å². The second-order valence-electron chi connectivity index (χ2n) is 5.89. The number of amidine groups is 1. The summed E-state index contributed by atoms with van der Waals surface area (Å²) in [4.78, 5) is 4.78. The Morgan fingerprint density at radius 2 is 1.62 bits per heavy atom. The molecule has 1 aliphatic rings. The fourth-order valence-corrected chi connectivity index (χ4v) is 4.25. The van der Waals surface area contributed by atoms with Crippen molar-refractivity contribution in [1.29, 1.82) is 0 Å². The van der Waals surface area contributed by atoms with Crippen LogP contribution in [0.5, 0.6) is 0 Å². The maximum atomic E-state index is 12.5. The van der Waals surface area contributed by atoms with Crippen molar-refractivity contribution in [2.24, 2.45) is 4.99 Å². The number of nitrogens with zero attached hydrogens (tertiary/aromatic N) is 1. The molecule has 24 heavy (non-hydrogen) atoms. The molecule has 0 fully saturated rings. The number of nitrogens with one attached hydrogen (secondary N) is 1. The summed E-state index contributed by atoms with van der Waals surface area (Å²) in [6.07, 6.45) is 0.777. The molecule has 0 atom stereocenters. The molecule has 0 saturated heterocycles. The number of rotatable bonds is 4. The van der Waals surface area contributed by atoms with Gasteiger partial charge in [0.15, 0.2) is 0 Å². The van der Waals surface area contributed by atoms with Gasteiger partial charge < -0.3 is 0 Å². The lowest BCUT2D eigenvalue weighted by Gasteiger charge is -2.03. The molecule has 2 aromatic carbocycles. The van der Waals surface area contributed by atoms with Crippen molar-refractivity contribution in [3.63, 3.8) is 0 Å². The fourth-order valence-electron chi connectivity index (χ4n) is 2.73. The average Bonchev–Trinajstić information content (AvgIpc) is 2.79.